The number of rotatable bonds is 10. The maximum Gasteiger partial charge on any atom is 0.251 e. The van der Waals surface area contributed by atoms with Crippen LogP contribution in [-0.2, 0) is 19.4 Å². The van der Waals surface area contributed by atoms with Crippen LogP contribution in [0.25, 0.3) is 0 Å². The van der Waals surface area contributed by atoms with Gasteiger partial charge in [0.2, 0.25) is 0 Å². The second-order valence-electron chi connectivity index (χ2n) is 9.50. The van der Waals surface area contributed by atoms with Crippen LogP contribution in [-0.4, -0.2) is 49.6 Å². The van der Waals surface area contributed by atoms with Crippen LogP contribution in [0.3, 0.4) is 0 Å². The Morgan fingerprint density at radius 1 is 1.16 bits per heavy atom. The molecule has 2 saturated heterocycles. The van der Waals surface area contributed by atoms with E-state index in [1.165, 1.54) is 7.05 Å². The third kappa shape index (κ3) is 5.76. The van der Waals surface area contributed by atoms with Gasteiger partial charge in [0.25, 0.3) is 5.91 Å². The van der Waals surface area contributed by atoms with Crippen LogP contribution in [0.2, 0.25) is 0 Å². The molecule has 0 unspecified atom stereocenters. The third-order valence-electron chi connectivity index (χ3n) is 6.80. The van der Waals surface area contributed by atoms with Gasteiger partial charge in [-0.1, -0.05) is 44.2 Å². The molecule has 1 aromatic rings. The molecule has 0 aromatic heterocycles. The highest BCUT2D eigenvalue weighted by Gasteiger charge is 2.48. The number of carbonyl (C=O) groups is 1. The molecule has 2 heterocycles. The Kier molecular flexibility index (Phi) is 7.60. The zero-order valence-corrected chi connectivity index (χ0v) is 19.6. The summed E-state index contributed by atoms with van der Waals surface area (Å²) in [5.74, 6) is 0.476. The van der Waals surface area contributed by atoms with Crippen molar-refractivity contribution in [1.82, 2.24) is 5.06 Å². The lowest BCUT2D eigenvalue weighted by molar-refractivity contribution is -0.169. The summed E-state index contributed by atoms with van der Waals surface area (Å²) >= 11 is 0. The first kappa shape index (κ1) is 24.0. The van der Waals surface area contributed by atoms with Gasteiger partial charge in [-0.25, -0.2) is 13.5 Å². The molecule has 1 amide bonds. The summed E-state index contributed by atoms with van der Waals surface area (Å²) in [6.45, 7) is 3.67. The average molecular weight is 450 g/mol. The van der Waals surface area contributed by atoms with Gasteiger partial charge in [0, 0.05) is 12.5 Å². The molecular formula is C24H35NO5S. The predicted molar refractivity (Wildman–Crippen MR) is 119 cm³/mol. The van der Waals surface area contributed by atoms with E-state index in [2.05, 4.69) is 12.2 Å². The van der Waals surface area contributed by atoms with Crippen LogP contribution in [0.15, 0.2) is 47.4 Å². The van der Waals surface area contributed by atoms with Crippen LogP contribution in [0.5, 0.6) is 0 Å². The van der Waals surface area contributed by atoms with E-state index in [1.54, 1.807) is 24.3 Å². The van der Waals surface area contributed by atoms with Gasteiger partial charge in [-0.05, 0) is 62.5 Å². The highest BCUT2D eigenvalue weighted by molar-refractivity contribution is 7.91. The minimum atomic E-state index is -3.28. The molecule has 1 aromatic carbocycles. The van der Waals surface area contributed by atoms with Crippen LogP contribution < -0.4 is 0 Å². The number of benzene rings is 1. The van der Waals surface area contributed by atoms with Crippen molar-refractivity contribution in [1.29, 1.82) is 0 Å². The summed E-state index contributed by atoms with van der Waals surface area (Å²) in [6.07, 6.45) is 9.60. The highest BCUT2D eigenvalue weighted by atomic mass is 32.2. The standard InChI is InChI=1S/C24H35NO5S/c1-24(2,23(26)25(3)27)16-9-5-8-12-19-20(22-14-13-21(19)30-22)15-17-31(28,29)18-10-6-4-7-11-18/h4-8,10-11,19-22,27H,9,12-17H2,1-3H3/b8-5-/t19-,20+,21-,22+/m0/s1. The Bertz CT molecular complexity index is 878. The summed E-state index contributed by atoms with van der Waals surface area (Å²) in [5.41, 5.74) is -0.613. The first-order valence-corrected chi connectivity index (χ1v) is 12.8. The molecule has 31 heavy (non-hydrogen) atoms. The van der Waals surface area contributed by atoms with E-state index in [0.29, 0.717) is 28.7 Å². The average Bonchev–Trinajstić information content (AvgIpc) is 3.34. The predicted octanol–water partition coefficient (Wildman–Crippen LogP) is 4.24. The van der Waals surface area contributed by atoms with E-state index >= 15 is 0 Å². The van der Waals surface area contributed by atoms with Gasteiger partial charge in [-0.3, -0.25) is 10.0 Å². The van der Waals surface area contributed by atoms with Gasteiger partial charge in [0.05, 0.1) is 22.9 Å². The van der Waals surface area contributed by atoms with Crippen molar-refractivity contribution >= 4 is 15.7 Å². The molecule has 0 aliphatic carbocycles. The van der Waals surface area contributed by atoms with Crippen molar-refractivity contribution in [2.75, 3.05) is 12.8 Å². The Morgan fingerprint density at radius 3 is 2.45 bits per heavy atom. The summed E-state index contributed by atoms with van der Waals surface area (Å²) in [4.78, 5) is 12.4. The SMILES string of the molecule is CN(O)C(=O)C(C)(C)CC/C=C\C[C@H]1[C@@H](CCS(=O)(=O)c2ccccc2)[C@H]2CC[C@@H]1O2. The monoisotopic (exact) mass is 449 g/mol. The molecule has 2 aliphatic rings. The largest absolute Gasteiger partial charge is 0.374 e. The fourth-order valence-corrected chi connectivity index (χ4v) is 6.38. The normalized spacial score (nSPS) is 25.9. The molecular weight excluding hydrogens is 414 g/mol. The number of hydrogen-bond donors (Lipinski definition) is 1. The molecule has 0 saturated carbocycles. The van der Waals surface area contributed by atoms with Crippen molar-refractivity contribution in [2.24, 2.45) is 17.3 Å². The molecule has 172 valence electrons. The molecule has 0 radical (unpaired) electrons. The van der Waals surface area contributed by atoms with Gasteiger partial charge in [0.1, 0.15) is 0 Å². The minimum Gasteiger partial charge on any atom is -0.374 e. The lowest BCUT2D eigenvalue weighted by atomic mass is 9.76. The molecule has 2 aliphatic heterocycles. The highest BCUT2D eigenvalue weighted by Crippen LogP contribution is 2.47. The Labute approximate surface area is 186 Å². The topological polar surface area (TPSA) is 83.9 Å². The zero-order valence-electron chi connectivity index (χ0n) is 18.7. The number of allylic oxidation sites excluding steroid dienone is 2. The number of hydrogen-bond acceptors (Lipinski definition) is 5. The maximum atomic E-state index is 12.7. The van der Waals surface area contributed by atoms with E-state index < -0.39 is 15.3 Å². The number of sulfone groups is 1. The molecule has 2 bridgehead atoms. The maximum absolute atomic E-state index is 12.7. The quantitative estimate of drug-likeness (QED) is 0.328. The first-order valence-electron chi connectivity index (χ1n) is 11.2. The van der Waals surface area contributed by atoms with E-state index in [9.17, 15) is 18.4 Å². The lowest BCUT2D eigenvalue weighted by Gasteiger charge is -2.27. The van der Waals surface area contributed by atoms with Crippen LogP contribution in [0.4, 0.5) is 0 Å². The van der Waals surface area contributed by atoms with Gasteiger partial charge in [-0.15, -0.1) is 0 Å². The number of ether oxygens (including phenoxy) is 1. The number of nitrogens with zero attached hydrogens (tertiary/aromatic N) is 1. The smallest absolute Gasteiger partial charge is 0.251 e. The number of amides is 1. The molecule has 7 heteroatoms. The molecule has 1 N–H and O–H groups in total. The minimum absolute atomic E-state index is 0.152. The van der Waals surface area contributed by atoms with Gasteiger partial charge in [0.15, 0.2) is 9.84 Å². The fourth-order valence-electron chi connectivity index (χ4n) is 4.99. The van der Waals surface area contributed by atoms with Crippen LogP contribution >= 0.6 is 0 Å². The molecule has 3 rings (SSSR count). The fraction of sp³-hybridized carbons (Fsp3) is 0.625. The van der Waals surface area contributed by atoms with Gasteiger partial charge < -0.3 is 4.74 Å². The molecule has 0 spiro atoms. The summed E-state index contributed by atoms with van der Waals surface area (Å²) < 4.78 is 31.5. The zero-order chi connectivity index (χ0) is 22.6. The summed E-state index contributed by atoms with van der Waals surface area (Å²) in [6, 6.07) is 8.66. The van der Waals surface area contributed by atoms with E-state index in [4.69, 9.17) is 4.74 Å². The van der Waals surface area contributed by atoms with Crippen molar-refractivity contribution in [2.45, 2.75) is 69.5 Å². The van der Waals surface area contributed by atoms with Gasteiger partial charge in [-0.2, -0.15) is 0 Å². The second kappa shape index (κ2) is 9.84. The lowest BCUT2D eigenvalue weighted by Crippen LogP contribution is -2.36. The second-order valence-corrected chi connectivity index (χ2v) is 11.6. The number of carbonyl (C=O) groups excluding carboxylic acids is 1. The number of fused-ring (bicyclic) bond motifs is 2. The van der Waals surface area contributed by atoms with Crippen molar-refractivity contribution in [3.05, 3.63) is 42.5 Å². The molecule has 2 fully saturated rings. The number of hydroxylamine groups is 2. The van der Waals surface area contributed by atoms with E-state index in [-0.39, 0.29) is 29.8 Å². The third-order valence-corrected chi connectivity index (χ3v) is 8.56. The van der Waals surface area contributed by atoms with E-state index in [1.807, 2.05) is 19.9 Å². The summed E-state index contributed by atoms with van der Waals surface area (Å²) in [7, 11) is -1.92. The van der Waals surface area contributed by atoms with Crippen molar-refractivity contribution < 1.29 is 23.2 Å². The Balaban J connectivity index is 1.53. The Hall–Kier alpha value is -1.70. The van der Waals surface area contributed by atoms with Gasteiger partial charge >= 0.3 is 0 Å². The van der Waals surface area contributed by atoms with Crippen LogP contribution in [0, 0.1) is 17.3 Å². The van der Waals surface area contributed by atoms with Crippen molar-refractivity contribution in [3.8, 4) is 0 Å². The van der Waals surface area contributed by atoms with Crippen molar-refractivity contribution in [3.63, 3.8) is 0 Å². The Morgan fingerprint density at radius 2 is 1.81 bits per heavy atom. The van der Waals surface area contributed by atoms with Crippen LogP contribution in [0.1, 0.15) is 52.4 Å². The first-order chi connectivity index (χ1) is 14.6. The summed E-state index contributed by atoms with van der Waals surface area (Å²) in [5, 5.41) is 10.0. The molecule has 4 atom stereocenters. The van der Waals surface area contributed by atoms with E-state index in [0.717, 1.165) is 25.7 Å². The molecule has 6 nitrogen and oxygen atoms in total.